The molecule has 2 heterocycles. The van der Waals surface area contributed by atoms with Crippen molar-refractivity contribution in [3.63, 3.8) is 0 Å². The van der Waals surface area contributed by atoms with Gasteiger partial charge >= 0.3 is 11.9 Å². The lowest BCUT2D eigenvalue weighted by Crippen LogP contribution is -2.49. The van der Waals surface area contributed by atoms with Gasteiger partial charge in [-0.25, -0.2) is 4.79 Å². The molecule has 0 aliphatic carbocycles. The van der Waals surface area contributed by atoms with Crippen LogP contribution in [0.1, 0.15) is 22.8 Å². The van der Waals surface area contributed by atoms with Crippen LogP contribution in [-0.2, 0) is 29.7 Å². The zero-order chi connectivity index (χ0) is 14.5. The first-order valence-corrected chi connectivity index (χ1v) is 6.14. The van der Waals surface area contributed by atoms with Gasteiger partial charge in [0, 0.05) is 12.7 Å². The van der Waals surface area contributed by atoms with Crippen LogP contribution in [0.2, 0.25) is 0 Å². The van der Waals surface area contributed by atoms with Gasteiger partial charge in [0.05, 0.1) is 12.7 Å². The van der Waals surface area contributed by atoms with Crippen molar-refractivity contribution in [1.82, 2.24) is 0 Å². The molecular formula is C14H14O6. The van der Waals surface area contributed by atoms with Crippen LogP contribution >= 0.6 is 0 Å². The van der Waals surface area contributed by atoms with Gasteiger partial charge in [0.2, 0.25) is 5.60 Å². The Morgan fingerprint density at radius 1 is 1.30 bits per heavy atom. The molecule has 2 aliphatic rings. The van der Waals surface area contributed by atoms with Crippen LogP contribution in [0.5, 0.6) is 0 Å². The number of fused-ring (bicyclic) bond motifs is 4. The van der Waals surface area contributed by atoms with E-state index in [1.807, 2.05) is 0 Å². The van der Waals surface area contributed by atoms with Gasteiger partial charge in [0.1, 0.15) is 0 Å². The number of ether oxygens (including phenoxy) is 4. The maximum absolute atomic E-state index is 12.5. The number of ketones is 1. The highest BCUT2D eigenvalue weighted by Crippen LogP contribution is 2.49. The highest BCUT2D eigenvalue weighted by molar-refractivity contribution is 6.06. The molecule has 0 spiro atoms. The van der Waals surface area contributed by atoms with Crippen molar-refractivity contribution in [2.24, 2.45) is 0 Å². The number of benzene rings is 1. The van der Waals surface area contributed by atoms with Crippen LogP contribution in [0.3, 0.4) is 0 Å². The number of methoxy groups -OCH3 is 2. The largest absolute Gasteiger partial charge is 0.467 e. The van der Waals surface area contributed by atoms with E-state index < -0.39 is 23.6 Å². The molecule has 0 radical (unpaired) electrons. The number of rotatable bonds is 2. The second-order valence-corrected chi connectivity index (χ2v) is 4.87. The topological polar surface area (TPSA) is 71.1 Å². The van der Waals surface area contributed by atoms with Crippen molar-refractivity contribution >= 4 is 11.8 Å². The summed E-state index contributed by atoms with van der Waals surface area (Å²) in [6.45, 7) is 1.47. The highest BCUT2D eigenvalue weighted by atomic mass is 16.9. The lowest BCUT2D eigenvalue weighted by Gasteiger charge is -2.30. The molecule has 1 aromatic rings. The molecule has 0 unspecified atom stereocenters. The minimum atomic E-state index is -1.56. The first-order valence-electron chi connectivity index (χ1n) is 6.14. The molecule has 1 aromatic carbocycles. The molecule has 0 N–H and O–H groups in total. The fourth-order valence-electron chi connectivity index (χ4n) is 2.70. The van der Waals surface area contributed by atoms with Crippen molar-refractivity contribution in [3.05, 3.63) is 35.4 Å². The van der Waals surface area contributed by atoms with Crippen LogP contribution in [0.15, 0.2) is 24.3 Å². The van der Waals surface area contributed by atoms with E-state index in [2.05, 4.69) is 0 Å². The minimum absolute atomic E-state index is 0.321. The second-order valence-electron chi connectivity index (χ2n) is 4.87. The number of hydrogen-bond acceptors (Lipinski definition) is 6. The highest BCUT2D eigenvalue weighted by Gasteiger charge is 2.67. The zero-order valence-corrected chi connectivity index (χ0v) is 11.3. The quantitative estimate of drug-likeness (QED) is 0.751. The third-order valence-electron chi connectivity index (χ3n) is 3.74. The summed E-state index contributed by atoms with van der Waals surface area (Å²) in [6.07, 6.45) is -1.09. The Bertz CT molecular complexity index is 597. The Morgan fingerprint density at radius 2 is 2.00 bits per heavy atom. The first-order chi connectivity index (χ1) is 9.48. The molecule has 6 heteroatoms. The molecule has 1 fully saturated rings. The van der Waals surface area contributed by atoms with E-state index in [1.54, 1.807) is 24.3 Å². The predicted molar refractivity (Wildman–Crippen MR) is 65.8 cm³/mol. The maximum atomic E-state index is 12.5. The van der Waals surface area contributed by atoms with Crippen LogP contribution in [-0.4, -0.2) is 37.7 Å². The fourth-order valence-corrected chi connectivity index (χ4v) is 2.70. The van der Waals surface area contributed by atoms with Crippen molar-refractivity contribution in [2.75, 3.05) is 14.2 Å². The molecule has 3 atom stereocenters. The van der Waals surface area contributed by atoms with Crippen molar-refractivity contribution in [1.29, 1.82) is 0 Å². The summed E-state index contributed by atoms with van der Waals surface area (Å²) in [4.78, 5) is 24.5. The summed E-state index contributed by atoms with van der Waals surface area (Å²) >= 11 is 0. The van der Waals surface area contributed by atoms with E-state index in [-0.39, 0.29) is 5.78 Å². The molecule has 0 saturated carbocycles. The monoisotopic (exact) mass is 278 g/mol. The van der Waals surface area contributed by atoms with Crippen molar-refractivity contribution in [3.8, 4) is 0 Å². The first kappa shape index (κ1) is 13.2. The van der Waals surface area contributed by atoms with E-state index in [4.69, 9.17) is 18.9 Å². The summed E-state index contributed by atoms with van der Waals surface area (Å²) < 4.78 is 21.4. The van der Waals surface area contributed by atoms with Crippen molar-refractivity contribution < 1.29 is 28.5 Å². The Hall–Kier alpha value is -1.76. The molecule has 0 aromatic heterocycles. The van der Waals surface area contributed by atoms with Crippen LogP contribution in [0.25, 0.3) is 0 Å². The molecular weight excluding hydrogens is 264 g/mol. The summed E-state index contributed by atoms with van der Waals surface area (Å²) in [5, 5.41) is 0. The summed E-state index contributed by atoms with van der Waals surface area (Å²) in [6, 6.07) is 6.82. The number of carbonyl (C=O) groups is 2. The summed E-state index contributed by atoms with van der Waals surface area (Å²) in [7, 11) is 2.63. The molecule has 2 bridgehead atoms. The summed E-state index contributed by atoms with van der Waals surface area (Å²) in [5.41, 5.74) is -0.657. The molecule has 20 heavy (non-hydrogen) atoms. The minimum Gasteiger partial charge on any atom is -0.467 e. The Balaban J connectivity index is 2.19. The molecule has 0 amide bonds. The number of esters is 1. The molecule has 106 valence electrons. The average Bonchev–Trinajstić information content (AvgIpc) is 2.77. The standard InChI is InChI=1S/C14H14O6/c1-13(12(16)17-2)11-10(15)8-6-4-5-7-9(8)14(18-3,19-11)20-13/h4-7,11H,1-3H3/t11-,13-,14+/m0/s1. The fraction of sp³-hybridized carbons (Fsp3) is 0.429. The van der Waals surface area contributed by atoms with E-state index >= 15 is 0 Å². The number of Topliss-reactive ketones (excluding diaryl/α,β-unsaturated/α-hetero) is 1. The van der Waals surface area contributed by atoms with Gasteiger partial charge in [-0.2, -0.15) is 0 Å². The van der Waals surface area contributed by atoms with E-state index in [0.29, 0.717) is 11.1 Å². The van der Waals surface area contributed by atoms with Gasteiger partial charge in [-0.3, -0.25) is 4.79 Å². The third-order valence-corrected chi connectivity index (χ3v) is 3.74. The van der Waals surface area contributed by atoms with Gasteiger partial charge in [-0.1, -0.05) is 24.3 Å². The van der Waals surface area contributed by atoms with Gasteiger partial charge < -0.3 is 18.9 Å². The Morgan fingerprint density at radius 3 is 2.65 bits per heavy atom. The van der Waals surface area contributed by atoms with Gasteiger partial charge in [0.15, 0.2) is 11.9 Å². The van der Waals surface area contributed by atoms with Gasteiger partial charge in [0.25, 0.3) is 0 Å². The number of hydrogen-bond donors (Lipinski definition) is 0. The van der Waals surface area contributed by atoms with E-state index in [0.717, 1.165) is 0 Å². The molecule has 2 aliphatic heterocycles. The predicted octanol–water partition coefficient (Wildman–Crippen LogP) is 0.987. The van der Waals surface area contributed by atoms with Crippen LogP contribution in [0.4, 0.5) is 0 Å². The maximum Gasteiger partial charge on any atom is 0.341 e. The third kappa shape index (κ3) is 1.44. The van der Waals surface area contributed by atoms with E-state index in [1.165, 1.54) is 21.1 Å². The molecule has 6 nitrogen and oxygen atoms in total. The smallest absolute Gasteiger partial charge is 0.341 e. The van der Waals surface area contributed by atoms with E-state index in [9.17, 15) is 9.59 Å². The van der Waals surface area contributed by atoms with Gasteiger partial charge in [-0.05, 0) is 6.92 Å². The molecule has 3 rings (SSSR count). The zero-order valence-electron chi connectivity index (χ0n) is 11.3. The van der Waals surface area contributed by atoms with Crippen LogP contribution in [0, 0.1) is 0 Å². The van der Waals surface area contributed by atoms with Crippen LogP contribution < -0.4 is 0 Å². The van der Waals surface area contributed by atoms with Gasteiger partial charge in [-0.15, -0.1) is 0 Å². The lowest BCUT2D eigenvalue weighted by molar-refractivity contribution is -0.348. The second kappa shape index (κ2) is 4.12. The van der Waals surface area contributed by atoms with Crippen molar-refractivity contribution in [2.45, 2.75) is 24.6 Å². The SMILES string of the molecule is COC(=O)[C@@]1(C)O[C@]2(OC)O[C@H]1C(=O)c1ccccc12. The number of carbonyl (C=O) groups excluding carboxylic acids is 2. The lowest BCUT2D eigenvalue weighted by atomic mass is 9.90. The average molecular weight is 278 g/mol. The summed E-state index contributed by atoms with van der Waals surface area (Å²) in [5.74, 6) is -2.56. The normalized spacial score (nSPS) is 34.8. The Labute approximate surface area is 115 Å². The molecule has 1 saturated heterocycles. The Kier molecular flexibility index (Phi) is 2.72.